The van der Waals surface area contributed by atoms with Crippen LogP contribution in [0.1, 0.15) is 16.7 Å². The lowest BCUT2D eigenvalue weighted by Crippen LogP contribution is -1.96. The first-order chi connectivity index (χ1) is 9.33. The van der Waals surface area contributed by atoms with Gasteiger partial charge in [-0.15, -0.1) is 11.8 Å². The molecule has 0 spiro atoms. The summed E-state index contributed by atoms with van der Waals surface area (Å²) in [6.07, 6.45) is 0. The summed E-state index contributed by atoms with van der Waals surface area (Å²) in [7, 11) is 1.81. The summed E-state index contributed by atoms with van der Waals surface area (Å²) in [4.78, 5) is 4.33. The van der Waals surface area contributed by atoms with E-state index in [0.29, 0.717) is 5.56 Å². The molecule has 0 fully saturated rings. The molecule has 19 heavy (non-hydrogen) atoms. The molecular formula is C16H14N2S. The molecule has 2 aromatic carbocycles. The smallest absolute Gasteiger partial charge is 0.0991 e. The van der Waals surface area contributed by atoms with Crippen LogP contribution < -0.4 is 0 Å². The predicted octanol–water partition coefficient (Wildman–Crippen LogP) is 3.87. The fourth-order valence-electron chi connectivity index (χ4n) is 1.74. The molecule has 0 saturated heterocycles. The van der Waals surface area contributed by atoms with Gasteiger partial charge in [-0.25, -0.2) is 0 Å². The SMILES string of the molecule is CN=C(SCc1cccc(C#N)c1)c1ccccc1. The first-order valence-corrected chi connectivity index (χ1v) is 6.96. The molecule has 0 aliphatic rings. The fourth-order valence-corrected chi connectivity index (χ4v) is 2.65. The largest absolute Gasteiger partial charge is 0.281 e. The summed E-state index contributed by atoms with van der Waals surface area (Å²) in [6.45, 7) is 0. The van der Waals surface area contributed by atoms with Crippen molar-refractivity contribution < 1.29 is 0 Å². The lowest BCUT2D eigenvalue weighted by molar-refractivity contribution is 1.39. The van der Waals surface area contributed by atoms with Crippen LogP contribution >= 0.6 is 11.8 Å². The van der Waals surface area contributed by atoms with Gasteiger partial charge in [0.25, 0.3) is 0 Å². The molecule has 0 heterocycles. The molecule has 3 heteroatoms. The Bertz CT molecular complexity index is 612. The van der Waals surface area contributed by atoms with Gasteiger partial charge in [0.05, 0.1) is 16.7 Å². The number of aliphatic imine (C=N–C) groups is 1. The molecule has 94 valence electrons. The number of nitriles is 1. The molecule has 0 bridgehead atoms. The summed E-state index contributed by atoms with van der Waals surface area (Å²) in [5.74, 6) is 0.817. The molecule has 2 nitrogen and oxygen atoms in total. The number of hydrogen-bond acceptors (Lipinski definition) is 3. The van der Waals surface area contributed by atoms with E-state index in [1.54, 1.807) is 18.8 Å². The number of hydrogen-bond donors (Lipinski definition) is 0. The number of rotatable bonds is 3. The zero-order valence-corrected chi connectivity index (χ0v) is 11.5. The maximum atomic E-state index is 8.88. The molecule has 0 unspecified atom stereocenters. The van der Waals surface area contributed by atoms with E-state index in [2.05, 4.69) is 23.2 Å². The zero-order chi connectivity index (χ0) is 13.5. The second-order valence-corrected chi connectivity index (χ2v) is 4.96. The third-order valence-electron chi connectivity index (χ3n) is 2.66. The highest BCUT2D eigenvalue weighted by Crippen LogP contribution is 2.19. The third-order valence-corrected chi connectivity index (χ3v) is 3.82. The average molecular weight is 266 g/mol. The summed E-state index contributed by atoms with van der Waals surface area (Å²) < 4.78 is 0. The first kappa shape index (κ1) is 13.4. The Morgan fingerprint density at radius 2 is 1.95 bits per heavy atom. The molecule has 0 N–H and O–H groups in total. The molecule has 0 saturated carbocycles. The molecule has 0 aliphatic carbocycles. The lowest BCUT2D eigenvalue weighted by Gasteiger charge is -2.06. The number of nitrogens with zero attached hydrogens (tertiary/aromatic N) is 2. The minimum absolute atomic E-state index is 0.702. The Balaban J connectivity index is 2.07. The van der Waals surface area contributed by atoms with Gasteiger partial charge in [0.2, 0.25) is 0 Å². The van der Waals surface area contributed by atoms with Crippen molar-refractivity contribution in [2.75, 3.05) is 7.05 Å². The van der Waals surface area contributed by atoms with Gasteiger partial charge in [-0.3, -0.25) is 4.99 Å². The van der Waals surface area contributed by atoms with Gasteiger partial charge in [-0.05, 0) is 17.7 Å². The van der Waals surface area contributed by atoms with E-state index in [1.807, 2.05) is 42.5 Å². The van der Waals surface area contributed by atoms with Crippen LogP contribution in [0.5, 0.6) is 0 Å². The first-order valence-electron chi connectivity index (χ1n) is 5.97. The quantitative estimate of drug-likeness (QED) is 0.624. The molecular weight excluding hydrogens is 252 g/mol. The van der Waals surface area contributed by atoms with Gasteiger partial charge in [0, 0.05) is 18.4 Å². The maximum Gasteiger partial charge on any atom is 0.0991 e. The van der Waals surface area contributed by atoms with Gasteiger partial charge in [0.15, 0.2) is 0 Å². The fraction of sp³-hybridized carbons (Fsp3) is 0.125. The van der Waals surface area contributed by atoms with Gasteiger partial charge < -0.3 is 0 Å². The van der Waals surface area contributed by atoms with Crippen LogP contribution in [-0.2, 0) is 5.75 Å². The molecule has 0 aliphatic heterocycles. The highest BCUT2D eigenvalue weighted by atomic mass is 32.2. The minimum atomic E-state index is 0.702. The Labute approximate surface area is 117 Å². The van der Waals surface area contributed by atoms with Crippen LogP contribution in [0.25, 0.3) is 0 Å². The van der Waals surface area contributed by atoms with E-state index in [4.69, 9.17) is 5.26 Å². The van der Waals surface area contributed by atoms with Crippen LogP contribution in [0.15, 0.2) is 59.6 Å². The Kier molecular flexibility index (Phi) is 4.77. The standard InChI is InChI=1S/C16H14N2S/c1-18-16(15-8-3-2-4-9-15)19-12-14-7-5-6-13(10-14)11-17/h2-10H,12H2,1H3. The molecule has 2 rings (SSSR count). The number of benzene rings is 2. The van der Waals surface area contributed by atoms with Crippen LogP contribution in [0, 0.1) is 11.3 Å². The molecule has 0 aromatic heterocycles. The average Bonchev–Trinajstić information content (AvgIpc) is 2.49. The van der Waals surface area contributed by atoms with E-state index in [-0.39, 0.29) is 0 Å². The second kappa shape index (κ2) is 6.77. The summed E-state index contributed by atoms with van der Waals surface area (Å²) in [6, 6.07) is 20.0. The highest BCUT2D eigenvalue weighted by molar-refractivity contribution is 8.13. The van der Waals surface area contributed by atoms with Crippen LogP contribution in [-0.4, -0.2) is 12.1 Å². The summed E-state index contributed by atoms with van der Waals surface area (Å²) in [5.41, 5.74) is 2.97. The van der Waals surface area contributed by atoms with Crippen molar-refractivity contribution in [1.29, 1.82) is 5.26 Å². The lowest BCUT2D eigenvalue weighted by atomic mass is 10.2. The minimum Gasteiger partial charge on any atom is -0.281 e. The zero-order valence-electron chi connectivity index (χ0n) is 10.7. The third kappa shape index (κ3) is 3.70. The Morgan fingerprint density at radius 3 is 2.63 bits per heavy atom. The van der Waals surface area contributed by atoms with Crippen molar-refractivity contribution in [2.45, 2.75) is 5.75 Å². The molecule has 0 amide bonds. The molecule has 2 aromatic rings. The Morgan fingerprint density at radius 1 is 1.16 bits per heavy atom. The number of thioether (sulfide) groups is 1. The van der Waals surface area contributed by atoms with Crippen molar-refractivity contribution in [1.82, 2.24) is 0 Å². The van der Waals surface area contributed by atoms with E-state index in [0.717, 1.165) is 21.9 Å². The van der Waals surface area contributed by atoms with E-state index in [1.165, 1.54) is 0 Å². The maximum absolute atomic E-state index is 8.88. The van der Waals surface area contributed by atoms with Crippen molar-refractivity contribution in [2.24, 2.45) is 4.99 Å². The molecule has 0 atom stereocenters. The van der Waals surface area contributed by atoms with Crippen LogP contribution in [0.2, 0.25) is 0 Å². The van der Waals surface area contributed by atoms with Crippen LogP contribution in [0.3, 0.4) is 0 Å². The molecule has 0 radical (unpaired) electrons. The van der Waals surface area contributed by atoms with Crippen molar-refractivity contribution in [3.8, 4) is 6.07 Å². The normalized spacial score (nSPS) is 11.1. The Hall–Kier alpha value is -2.05. The second-order valence-electron chi connectivity index (χ2n) is 4.00. The summed E-state index contributed by atoms with van der Waals surface area (Å²) >= 11 is 1.69. The van der Waals surface area contributed by atoms with Gasteiger partial charge in [0.1, 0.15) is 0 Å². The van der Waals surface area contributed by atoms with Crippen molar-refractivity contribution in [3.05, 3.63) is 71.3 Å². The predicted molar refractivity (Wildman–Crippen MR) is 81.4 cm³/mol. The van der Waals surface area contributed by atoms with E-state index >= 15 is 0 Å². The van der Waals surface area contributed by atoms with Crippen LogP contribution in [0.4, 0.5) is 0 Å². The van der Waals surface area contributed by atoms with Gasteiger partial charge in [-0.1, -0.05) is 42.5 Å². The van der Waals surface area contributed by atoms with Gasteiger partial charge >= 0.3 is 0 Å². The highest BCUT2D eigenvalue weighted by Gasteiger charge is 2.04. The summed E-state index contributed by atoms with van der Waals surface area (Å²) in [5, 5.41) is 9.90. The monoisotopic (exact) mass is 266 g/mol. The van der Waals surface area contributed by atoms with E-state index < -0.39 is 0 Å². The van der Waals surface area contributed by atoms with Gasteiger partial charge in [-0.2, -0.15) is 5.26 Å². The van der Waals surface area contributed by atoms with Crippen molar-refractivity contribution >= 4 is 16.8 Å². The van der Waals surface area contributed by atoms with E-state index in [9.17, 15) is 0 Å². The topological polar surface area (TPSA) is 36.1 Å². The van der Waals surface area contributed by atoms with Crippen molar-refractivity contribution in [3.63, 3.8) is 0 Å².